The summed E-state index contributed by atoms with van der Waals surface area (Å²) in [5.41, 5.74) is 0. The molecule has 0 aliphatic carbocycles. The van der Waals surface area contributed by atoms with Crippen molar-refractivity contribution in [3.8, 4) is 0 Å². The van der Waals surface area contributed by atoms with E-state index in [9.17, 15) is 14.4 Å². The number of rotatable bonds is 41. The molecular weight excluding hydrogens is 769 g/mol. The molecule has 0 bridgehead atoms. The molecule has 0 radical (unpaired) electrons. The second-order valence-corrected chi connectivity index (χ2v) is 15.3. The van der Waals surface area contributed by atoms with Crippen LogP contribution in [0.5, 0.6) is 0 Å². The first-order valence-corrected chi connectivity index (χ1v) is 24.2. The van der Waals surface area contributed by atoms with Gasteiger partial charge in [-0.3, -0.25) is 14.4 Å². The maximum Gasteiger partial charge on any atom is 0.306 e. The summed E-state index contributed by atoms with van der Waals surface area (Å²) in [4.78, 5) is 37.9. The Labute approximate surface area is 379 Å². The smallest absolute Gasteiger partial charge is 0.306 e. The van der Waals surface area contributed by atoms with E-state index in [1.807, 2.05) is 6.08 Å². The molecule has 0 aliphatic heterocycles. The molecule has 0 aromatic heterocycles. The lowest BCUT2D eigenvalue weighted by atomic mass is 10.1. The first-order valence-electron chi connectivity index (χ1n) is 24.2. The molecule has 0 fully saturated rings. The van der Waals surface area contributed by atoms with Crippen molar-refractivity contribution in [1.29, 1.82) is 0 Å². The molecule has 0 spiro atoms. The topological polar surface area (TPSA) is 78.9 Å². The van der Waals surface area contributed by atoms with Crippen molar-refractivity contribution >= 4 is 17.9 Å². The van der Waals surface area contributed by atoms with Crippen LogP contribution < -0.4 is 0 Å². The zero-order valence-corrected chi connectivity index (χ0v) is 39.3. The second-order valence-electron chi connectivity index (χ2n) is 15.3. The standard InChI is InChI=1S/C56H86O6/c1-4-7-10-13-16-19-22-25-26-27-28-29-30-32-34-37-40-43-46-49-55(58)61-52-53(51-60-54(57)48-45-42-39-36-33-24-21-18-15-12-9-6-3)62-56(59)50-47-44-41-38-35-31-23-20-17-14-11-8-5-2/h7-12,14,16-21,23,25-26,28-29,32-34,36,53H,4-6,13,15,22,24,27,30-31,35,37-52H2,1-3H3/b10-7-,11-8-,12-9-,17-14-,19-16-,21-18-,23-20-,26-25-,29-28-,34-32-,36-33-. The Morgan fingerprint density at radius 3 is 1.13 bits per heavy atom. The Morgan fingerprint density at radius 2 is 0.661 bits per heavy atom. The lowest BCUT2D eigenvalue weighted by molar-refractivity contribution is -0.167. The molecule has 0 aromatic rings. The van der Waals surface area contributed by atoms with Gasteiger partial charge in [-0.25, -0.2) is 0 Å². The van der Waals surface area contributed by atoms with Crippen molar-refractivity contribution in [3.05, 3.63) is 134 Å². The number of esters is 3. The molecule has 62 heavy (non-hydrogen) atoms. The number of hydrogen-bond donors (Lipinski definition) is 0. The number of unbranched alkanes of at least 4 members (excludes halogenated alkanes) is 10. The zero-order chi connectivity index (χ0) is 45.1. The predicted molar refractivity (Wildman–Crippen MR) is 265 cm³/mol. The number of carbonyl (C=O) groups excluding carboxylic acids is 3. The Balaban J connectivity index is 4.53. The minimum atomic E-state index is -0.822. The summed E-state index contributed by atoms with van der Waals surface area (Å²) in [5.74, 6) is -1.03. The molecule has 0 aromatic carbocycles. The molecule has 6 nitrogen and oxygen atoms in total. The lowest BCUT2D eigenvalue weighted by Crippen LogP contribution is -2.30. The summed E-state index contributed by atoms with van der Waals surface area (Å²) in [6.07, 6.45) is 68.7. The Hall–Kier alpha value is -4.45. The van der Waals surface area contributed by atoms with Gasteiger partial charge in [0.1, 0.15) is 13.2 Å². The van der Waals surface area contributed by atoms with Crippen molar-refractivity contribution in [2.24, 2.45) is 0 Å². The van der Waals surface area contributed by atoms with E-state index in [-0.39, 0.29) is 37.5 Å². The maximum atomic E-state index is 12.7. The Morgan fingerprint density at radius 1 is 0.339 bits per heavy atom. The quantitative estimate of drug-likeness (QED) is 0.0200. The highest BCUT2D eigenvalue weighted by Crippen LogP contribution is 2.11. The molecule has 6 heteroatoms. The highest BCUT2D eigenvalue weighted by atomic mass is 16.6. The van der Waals surface area contributed by atoms with Crippen LogP contribution in [0.4, 0.5) is 0 Å². The molecule has 0 rings (SSSR count). The van der Waals surface area contributed by atoms with E-state index in [4.69, 9.17) is 14.2 Å². The molecule has 1 atom stereocenters. The van der Waals surface area contributed by atoms with Crippen LogP contribution >= 0.6 is 0 Å². The number of carbonyl (C=O) groups is 3. The molecule has 346 valence electrons. The van der Waals surface area contributed by atoms with Gasteiger partial charge in [-0.05, 0) is 116 Å². The fourth-order valence-corrected chi connectivity index (χ4v) is 5.89. The van der Waals surface area contributed by atoms with E-state index >= 15 is 0 Å². The fraction of sp³-hybridized carbons (Fsp3) is 0.554. The van der Waals surface area contributed by atoms with E-state index in [0.29, 0.717) is 19.3 Å². The van der Waals surface area contributed by atoms with Crippen LogP contribution in [0.3, 0.4) is 0 Å². The summed E-state index contributed by atoms with van der Waals surface area (Å²) in [5, 5.41) is 0. The highest BCUT2D eigenvalue weighted by Gasteiger charge is 2.19. The van der Waals surface area contributed by atoms with Gasteiger partial charge in [-0.1, -0.05) is 180 Å². The van der Waals surface area contributed by atoms with Gasteiger partial charge in [-0.15, -0.1) is 0 Å². The van der Waals surface area contributed by atoms with Gasteiger partial charge in [0.2, 0.25) is 0 Å². The van der Waals surface area contributed by atoms with Crippen molar-refractivity contribution in [3.63, 3.8) is 0 Å². The zero-order valence-electron chi connectivity index (χ0n) is 39.3. The molecule has 0 heterocycles. The fourth-order valence-electron chi connectivity index (χ4n) is 5.89. The average molecular weight is 855 g/mol. The first-order chi connectivity index (χ1) is 30.5. The van der Waals surface area contributed by atoms with E-state index in [2.05, 4.69) is 148 Å². The third kappa shape index (κ3) is 46.6. The summed E-state index contributed by atoms with van der Waals surface area (Å²) in [6.45, 7) is 6.16. The van der Waals surface area contributed by atoms with Crippen molar-refractivity contribution in [1.82, 2.24) is 0 Å². The second kappa shape index (κ2) is 49.2. The van der Waals surface area contributed by atoms with Crippen LogP contribution in [0.2, 0.25) is 0 Å². The molecule has 0 amide bonds. The van der Waals surface area contributed by atoms with E-state index in [1.54, 1.807) is 0 Å². The van der Waals surface area contributed by atoms with E-state index < -0.39 is 6.10 Å². The summed E-state index contributed by atoms with van der Waals surface area (Å²) < 4.78 is 16.7. The molecule has 0 aliphatic rings. The SMILES string of the molecule is CC\C=C/C=C\C=C/CCCCCCCC(=O)OC(COC(=O)CCCC/C=C\C/C=C\C/C=C\CC)COC(=O)CCCCC/C=C\C/C=C\C/C=C\C/C=C\C/C=C\CC. The largest absolute Gasteiger partial charge is 0.462 e. The van der Waals surface area contributed by atoms with E-state index in [0.717, 1.165) is 135 Å². The van der Waals surface area contributed by atoms with Gasteiger partial charge in [0.25, 0.3) is 0 Å². The monoisotopic (exact) mass is 855 g/mol. The molecule has 1 unspecified atom stereocenters. The minimum absolute atomic E-state index is 0.121. The van der Waals surface area contributed by atoms with Crippen LogP contribution in [0, 0.1) is 0 Å². The van der Waals surface area contributed by atoms with Crippen molar-refractivity contribution in [2.45, 2.75) is 187 Å². The first kappa shape index (κ1) is 57.5. The van der Waals surface area contributed by atoms with Crippen LogP contribution in [-0.2, 0) is 28.6 Å². The molecule has 0 saturated carbocycles. The third-order valence-electron chi connectivity index (χ3n) is 9.44. The predicted octanol–water partition coefficient (Wildman–Crippen LogP) is 15.9. The molecule has 0 saturated heterocycles. The summed E-state index contributed by atoms with van der Waals surface area (Å²) >= 11 is 0. The van der Waals surface area contributed by atoms with Gasteiger partial charge in [0, 0.05) is 19.3 Å². The Kier molecular flexibility index (Phi) is 45.7. The van der Waals surface area contributed by atoms with Gasteiger partial charge < -0.3 is 14.2 Å². The highest BCUT2D eigenvalue weighted by molar-refractivity contribution is 5.71. The minimum Gasteiger partial charge on any atom is -0.462 e. The summed E-state index contributed by atoms with van der Waals surface area (Å²) in [7, 11) is 0. The van der Waals surface area contributed by atoms with Gasteiger partial charge in [0.15, 0.2) is 6.10 Å². The van der Waals surface area contributed by atoms with Crippen LogP contribution in [0.1, 0.15) is 181 Å². The van der Waals surface area contributed by atoms with Gasteiger partial charge in [0.05, 0.1) is 0 Å². The maximum absolute atomic E-state index is 12.7. The van der Waals surface area contributed by atoms with Crippen molar-refractivity contribution in [2.75, 3.05) is 13.2 Å². The molecule has 0 N–H and O–H groups in total. The van der Waals surface area contributed by atoms with Crippen LogP contribution in [-0.4, -0.2) is 37.2 Å². The van der Waals surface area contributed by atoms with E-state index in [1.165, 1.54) is 0 Å². The Bertz CT molecular complexity index is 1400. The van der Waals surface area contributed by atoms with Crippen LogP contribution in [0.15, 0.2) is 134 Å². The number of allylic oxidation sites excluding steroid dienone is 22. The number of ether oxygens (including phenoxy) is 3. The van der Waals surface area contributed by atoms with Crippen molar-refractivity contribution < 1.29 is 28.6 Å². The third-order valence-corrected chi connectivity index (χ3v) is 9.44. The van der Waals surface area contributed by atoms with Gasteiger partial charge in [-0.2, -0.15) is 0 Å². The van der Waals surface area contributed by atoms with Crippen LogP contribution in [0.25, 0.3) is 0 Å². The molecular formula is C56H86O6. The summed E-state index contributed by atoms with van der Waals surface area (Å²) in [6, 6.07) is 0. The normalized spacial score (nSPS) is 13.3. The average Bonchev–Trinajstić information content (AvgIpc) is 3.27. The van der Waals surface area contributed by atoms with Gasteiger partial charge >= 0.3 is 17.9 Å². The number of hydrogen-bond acceptors (Lipinski definition) is 6. The lowest BCUT2D eigenvalue weighted by Gasteiger charge is -2.18.